The van der Waals surface area contributed by atoms with Crippen LogP contribution in [0, 0.1) is 9.49 Å². The third kappa shape index (κ3) is 5.91. The lowest BCUT2D eigenvalue weighted by Gasteiger charge is -2.26. The Morgan fingerprint density at radius 1 is 1.26 bits per heavy atom. The number of carbonyl (C=O) groups excluding carboxylic acids is 1. The van der Waals surface area contributed by atoms with Crippen LogP contribution < -0.4 is 0 Å². The Bertz CT molecular complexity index is 418. The molecule has 3 nitrogen and oxygen atoms in total. The molecule has 0 spiro atoms. The Hall–Kier alpha value is -0.620. The van der Waals surface area contributed by atoms with Gasteiger partial charge in [0.05, 0.1) is 0 Å². The fraction of sp³-hybridized carbons (Fsp3) is 0.533. The summed E-state index contributed by atoms with van der Waals surface area (Å²) in [6.45, 7) is 6.76. The van der Waals surface area contributed by atoms with Crippen molar-refractivity contribution in [2.24, 2.45) is 5.92 Å². The molecule has 1 aromatic carbocycles. The number of amides is 1. The maximum atomic E-state index is 12.5. The molecule has 0 aliphatic heterocycles. The van der Waals surface area contributed by atoms with Crippen molar-refractivity contribution in [1.29, 1.82) is 0 Å². The zero-order valence-corrected chi connectivity index (χ0v) is 14.3. The van der Waals surface area contributed by atoms with Crippen LogP contribution in [0.1, 0.15) is 24.2 Å². The number of halogens is 1. The van der Waals surface area contributed by atoms with Crippen LogP contribution >= 0.6 is 22.6 Å². The number of nitrogens with zero attached hydrogens (tertiary/aromatic N) is 2. The molecule has 0 atom stereocenters. The topological polar surface area (TPSA) is 23.6 Å². The summed E-state index contributed by atoms with van der Waals surface area (Å²) in [4.78, 5) is 16.6. The Morgan fingerprint density at radius 3 is 2.47 bits per heavy atom. The van der Waals surface area contributed by atoms with Crippen LogP contribution in [0.2, 0.25) is 0 Å². The van der Waals surface area contributed by atoms with Gasteiger partial charge in [-0.25, -0.2) is 0 Å². The van der Waals surface area contributed by atoms with E-state index >= 15 is 0 Å². The van der Waals surface area contributed by atoms with E-state index in [1.54, 1.807) is 0 Å². The molecular formula is C15H23IN2O. The minimum Gasteiger partial charge on any atom is -0.337 e. The number of carbonyl (C=O) groups is 1. The third-order valence-electron chi connectivity index (χ3n) is 2.76. The van der Waals surface area contributed by atoms with E-state index in [4.69, 9.17) is 0 Å². The highest BCUT2D eigenvalue weighted by Gasteiger charge is 2.17. The highest BCUT2D eigenvalue weighted by Crippen LogP contribution is 2.11. The third-order valence-corrected chi connectivity index (χ3v) is 3.43. The summed E-state index contributed by atoms with van der Waals surface area (Å²) in [5, 5.41) is 0. The molecule has 0 N–H and O–H groups in total. The minimum absolute atomic E-state index is 0.133. The molecule has 0 fully saturated rings. The van der Waals surface area contributed by atoms with Gasteiger partial charge in [0.25, 0.3) is 5.91 Å². The number of benzene rings is 1. The van der Waals surface area contributed by atoms with Crippen molar-refractivity contribution < 1.29 is 4.79 Å². The Balaban J connectivity index is 2.81. The van der Waals surface area contributed by atoms with Gasteiger partial charge in [-0.2, -0.15) is 0 Å². The van der Waals surface area contributed by atoms with Crippen LogP contribution in [0.25, 0.3) is 0 Å². The summed E-state index contributed by atoms with van der Waals surface area (Å²) in [5.41, 5.74) is 0.784. The molecule has 1 aromatic rings. The summed E-state index contributed by atoms with van der Waals surface area (Å²) < 4.78 is 1.10. The van der Waals surface area contributed by atoms with Gasteiger partial charge in [-0.15, -0.1) is 0 Å². The average molecular weight is 374 g/mol. The zero-order chi connectivity index (χ0) is 14.4. The predicted molar refractivity (Wildman–Crippen MR) is 88.5 cm³/mol. The molecule has 0 unspecified atom stereocenters. The van der Waals surface area contributed by atoms with E-state index in [0.717, 1.165) is 28.8 Å². The highest BCUT2D eigenvalue weighted by molar-refractivity contribution is 14.1. The van der Waals surface area contributed by atoms with E-state index in [1.807, 2.05) is 43.3 Å². The molecule has 0 aliphatic rings. The molecule has 0 heterocycles. The smallest absolute Gasteiger partial charge is 0.253 e. The lowest BCUT2D eigenvalue weighted by atomic mass is 10.1. The second-order valence-electron chi connectivity index (χ2n) is 5.46. The van der Waals surface area contributed by atoms with Gasteiger partial charge in [-0.05, 0) is 60.8 Å². The maximum Gasteiger partial charge on any atom is 0.253 e. The molecular weight excluding hydrogens is 351 g/mol. The summed E-state index contributed by atoms with van der Waals surface area (Å²) in [6, 6.07) is 7.79. The van der Waals surface area contributed by atoms with Crippen LogP contribution in [0.4, 0.5) is 0 Å². The van der Waals surface area contributed by atoms with Crippen molar-refractivity contribution in [3.05, 3.63) is 33.4 Å². The van der Waals surface area contributed by atoms with Crippen LogP contribution in [0.15, 0.2) is 24.3 Å². The molecule has 1 rings (SSSR count). The van der Waals surface area contributed by atoms with Crippen LogP contribution in [-0.2, 0) is 0 Å². The van der Waals surface area contributed by atoms with Gasteiger partial charge in [0.1, 0.15) is 0 Å². The Morgan fingerprint density at radius 2 is 1.95 bits per heavy atom. The molecule has 0 aromatic heterocycles. The predicted octanol–water partition coefficient (Wildman–Crippen LogP) is 2.95. The number of rotatable bonds is 6. The first-order chi connectivity index (χ1) is 8.90. The Kier molecular flexibility index (Phi) is 6.79. The van der Waals surface area contributed by atoms with E-state index in [0.29, 0.717) is 5.92 Å². The monoisotopic (exact) mass is 374 g/mol. The average Bonchev–Trinajstić information content (AvgIpc) is 2.33. The molecule has 0 saturated heterocycles. The van der Waals surface area contributed by atoms with Gasteiger partial charge < -0.3 is 9.80 Å². The first-order valence-corrected chi connectivity index (χ1v) is 7.67. The van der Waals surface area contributed by atoms with Gasteiger partial charge in [0.15, 0.2) is 0 Å². The fourth-order valence-corrected chi connectivity index (χ4v) is 2.38. The lowest BCUT2D eigenvalue weighted by molar-refractivity contribution is 0.0724. The van der Waals surface area contributed by atoms with E-state index < -0.39 is 0 Å². The number of likely N-dealkylation sites (N-methyl/N-ethyl adjacent to an activating group) is 1. The standard InChI is InChI=1S/C15H23IN2O/c1-12(2)11-18(9-8-17(3)4)15(19)13-6-5-7-14(16)10-13/h5-7,10,12H,8-9,11H2,1-4H3. The Labute approximate surface area is 130 Å². The molecule has 0 saturated carbocycles. The van der Waals surface area contributed by atoms with Gasteiger partial charge >= 0.3 is 0 Å². The highest BCUT2D eigenvalue weighted by atomic mass is 127. The van der Waals surface area contributed by atoms with Gasteiger partial charge in [0, 0.05) is 28.8 Å². The van der Waals surface area contributed by atoms with Crippen LogP contribution in [0.3, 0.4) is 0 Å². The zero-order valence-electron chi connectivity index (χ0n) is 12.2. The second kappa shape index (κ2) is 7.85. The number of hydrogen-bond donors (Lipinski definition) is 0. The quantitative estimate of drug-likeness (QED) is 0.715. The van der Waals surface area contributed by atoms with E-state index in [-0.39, 0.29) is 5.91 Å². The van der Waals surface area contributed by atoms with Gasteiger partial charge in [-0.3, -0.25) is 4.79 Å². The normalized spacial score (nSPS) is 11.1. The second-order valence-corrected chi connectivity index (χ2v) is 6.70. The molecule has 0 bridgehead atoms. The van der Waals surface area contributed by atoms with Crippen molar-refractivity contribution >= 4 is 28.5 Å². The van der Waals surface area contributed by atoms with Crippen molar-refractivity contribution in [2.75, 3.05) is 33.7 Å². The van der Waals surface area contributed by atoms with Crippen molar-refractivity contribution in [1.82, 2.24) is 9.80 Å². The first kappa shape index (κ1) is 16.4. The maximum absolute atomic E-state index is 12.5. The summed E-state index contributed by atoms with van der Waals surface area (Å²) in [5.74, 6) is 0.614. The van der Waals surface area contributed by atoms with Crippen molar-refractivity contribution in [2.45, 2.75) is 13.8 Å². The number of hydrogen-bond acceptors (Lipinski definition) is 2. The lowest BCUT2D eigenvalue weighted by Crippen LogP contribution is -2.39. The fourth-order valence-electron chi connectivity index (χ4n) is 1.84. The van der Waals surface area contributed by atoms with Crippen LogP contribution in [0.5, 0.6) is 0 Å². The molecule has 106 valence electrons. The SMILES string of the molecule is CC(C)CN(CCN(C)C)C(=O)c1cccc(I)c1. The molecule has 0 aliphatic carbocycles. The van der Waals surface area contributed by atoms with E-state index in [9.17, 15) is 4.79 Å². The summed E-state index contributed by atoms with van der Waals surface area (Å²) >= 11 is 2.24. The summed E-state index contributed by atoms with van der Waals surface area (Å²) in [6.07, 6.45) is 0. The minimum atomic E-state index is 0.133. The molecule has 19 heavy (non-hydrogen) atoms. The summed E-state index contributed by atoms with van der Waals surface area (Å²) in [7, 11) is 4.06. The van der Waals surface area contributed by atoms with Gasteiger partial charge in [-0.1, -0.05) is 19.9 Å². The first-order valence-electron chi connectivity index (χ1n) is 6.59. The van der Waals surface area contributed by atoms with Crippen molar-refractivity contribution in [3.8, 4) is 0 Å². The molecule has 4 heteroatoms. The van der Waals surface area contributed by atoms with Gasteiger partial charge in [0.2, 0.25) is 0 Å². The molecule has 0 radical (unpaired) electrons. The van der Waals surface area contributed by atoms with Crippen molar-refractivity contribution in [3.63, 3.8) is 0 Å². The molecule has 1 amide bonds. The van der Waals surface area contributed by atoms with Crippen LogP contribution in [-0.4, -0.2) is 49.4 Å². The van der Waals surface area contributed by atoms with E-state index in [1.165, 1.54) is 0 Å². The van der Waals surface area contributed by atoms with E-state index in [2.05, 4.69) is 41.3 Å². The largest absolute Gasteiger partial charge is 0.337 e.